The molecule has 4 rings (SSSR count). The predicted molar refractivity (Wildman–Crippen MR) is 111 cm³/mol. The van der Waals surface area contributed by atoms with Crippen molar-refractivity contribution >= 4 is 31.9 Å². The molecule has 3 aromatic rings. The Labute approximate surface area is 174 Å². The van der Waals surface area contributed by atoms with Crippen molar-refractivity contribution in [3.05, 3.63) is 51.0 Å². The predicted octanol–water partition coefficient (Wildman–Crippen LogP) is 4.89. The lowest BCUT2D eigenvalue weighted by Crippen LogP contribution is -2.30. The molecule has 27 heavy (non-hydrogen) atoms. The zero-order chi connectivity index (χ0) is 18.8. The van der Waals surface area contributed by atoms with Crippen LogP contribution in [0.3, 0.4) is 0 Å². The summed E-state index contributed by atoms with van der Waals surface area (Å²) < 4.78 is 9.85. The number of rotatable bonds is 4. The topological polar surface area (TPSA) is 64.9 Å². The third-order valence-electron chi connectivity index (χ3n) is 4.59. The summed E-state index contributed by atoms with van der Waals surface area (Å²) in [4.78, 5) is 4.72. The van der Waals surface area contributed by atoms with E-state index in [1.54, 1.807) is 0 Å². The van der Waals surface area contributed by atoms with Crippen molar-refractivity contribution in [2.75, 3.05) is 13.1 Å². The van der Waals surface area contributed by atoms with Crippen LogP contribution >= 0.6 is 31.9 Å². The number of pyridine rings is 1. The standard InChI is InChI=1S/C19H19Br2N5O/c1-12-19(26(25-24-12)14-7-9-22-10-8-14)16-3-2-4-18(23-16)27-17-11-13(20)5-6-15(17)21/h2-6,11,14,22H,7-10H2,1H3. The molecule has 8 heteroatoms. The van der Waals surface area contributed by atoms with Crippen LogP contribution in [-0.2, 0) is 0 Å². The van der Waals surface area contributed by atoms with Crippen molar-refractivity contribution < 1.29 is 4.74 Å². The van der Waals surface area contributed by atoms with Gasteiger partial charge in [-0.1, -0.05) is 27.2 Å². The molecule has 1 saturated heterocycles. The van der Waals surface area contributed by atoms with Crippen LogP contribution in [0.4, 0.5) is 0 Å². The average molecular weight is 493 g/mol. The molecule has 0 aliphatic carbocycles. The number of benzene rings is 1. The normalized spacial score (nSPS) is 15.1. The molecule has 1 fully saturated rings. The Hall–Kier alpha value is -1.77. The second kappa shape index (κ2) is 8.08. The minimum absolute atomic E-state index is 0.341. The fourth-order valence-corrected chi connectivity index (χ4v) is 3.92. The molecule has 0 unspecified atom stereocenters. The lowest BCUT2D eigenvalue weighted by atomic mass is 10.1. The molecule has 1 aromatic carbocycles. The molecule has 0 bridgehead atoms. The highest BCUT2D eigenvalue weighted by atomic mass is 79.9. The van der Waals surface area contributed by atoms with E-state index >= 15 is 0 Å². The van der Waals surface area contributed by atoms with E-state index in [4.69, 9.17) is 9.72 Å². The van der Waals surface area contributed by atoms with Crippen LogP contribution in [0.25, 0.3) is 11.4 Å². The minimum atomic E-state index is 0.341. The van der Waals surface area contributed by atoms with Gasteiger partial charge in [-0.2, -0.15) is 0 Å². The van der Waals surface area contributed by atoms with E-state index in [1.165, 1.54) is 0 Å². The molecule has 0 saturated carbocycles. The summed E-state index contributed by atoms with van der Waals surface area (Å²) in [5, 5.41) is 12.1. The number of nitrogens with one attached hydrogen (secondary N) is 1. The fraction of sp³-hybridized carbons (Fsp3) is 0.316. The van der Waals surface area contributed by atoms with Gasteiger partial charge >= 0.3 is 0 Å². The van der Waals surface area contributed by atoms with E-state index in [9.17, 15) is 0 Å². The Morgan fingerprint density at radius 3 is 2.78 bits per heavy atom. The van der Waals surface area contributed by atoms with E-state index in [-0.39, 0.29) is 0 Å². The smallest absolute Gasteiger partial charge is 0.219 e. The average Bonchev–Trinajstić information content (AvgIpc) is 3.07. The van der Waals surface area contributed by atoms with E-state index in [0.29, 0.717) is 17.7 Å². The van der Waals surface area contributed by atoms with Gasteiger partial charge < -0.3 is 10.1 Å². The molecule has 2 aromatic heterocycles. The number of hydrogen-bond acceptors (Lipinski definition) is 5. The minimum Gasteiger partial charge on any atom is -0.438 e. The van der Waals surface area contributed by atoms with Gasteiger partial charge in [-0.05, 0) is 73.1 Å². The summed E-state index contributed by atoms with van der Waals surface area (Å²) in [6, 6.07) is 11.9. The fourth-order valence-electron chi connectivity index (χ4n) is 3.25. The highest BCUT2D eigenvalue weighted by molar-refractivity contribution is 9.11. The third kappa shape index (κ3) is 4.07. The zero-order valence-corrected chi connectivity index (χ0v) is 18.0. The van der Waals surface area contributed by atoms with Crippen molar-refractivity contribution in [1.82, 2.24) is 25.3 Å². The first kappa shape index (κ1) is 18.6. The molecule has 3 heterocycles. The second-order valence-corrected chi connectivity index (χ2v) is 8.26. The van der Waals surface area contributed by atoms with Gasteiger partial charge in [0, 0.05) is 10.5 Å². The number of nitrogens with zero attached hydrogens (tertiary/aromatic N) is 4. The Morgan fingerprint density at radius 1 is 1.15 bits per heavy atom. The molecule has 0 amide bonds. The molecule has 0 radical (unpaired) electrons. The van der Waals surface area contributed by atoms with E-state index < -0.39 is 0 Å². The van der Waals surface area contributed by atoms with Gasteiger partial charge in [0.05, 0.1) is 21.9 Å². The number of hydrogen-bond donors (Lipinski definition) is 1. The van der Waals surface area contributed by atoms with Gasteiger partial charge in [0.1, 0.15) is 11.4 Å². The summed E-state index contributed by atoms with van der Waals surface area (Å²) in [6.07, 6.45) is 2.08. The number of aryl methyl sites for hydroxylation is 1. The van der Waals surface area contributed by atoms with Gasteiger partial charge in [0.15, 0.2) is 0 Å². The molecular weight excluding hydrogens is 474 g/mol. The van der Waals surface area contributed by atoms with Crippen molar-refractivity contribution in [3.8, 4) is 23.0 Å². The van der Waals surface area contributed by atoms with Gasteiger partial charge in [-0.3, -0.25) is 0 Å². The Balaban J connectivity index is 1.67. The van der Waals surface area contributed by atoms with Crippen LogP contribution in [0.15, 0.2) is 45.3 Å². The summed E-state index contributed by atoms with van der Waals surface area (Å²) >= 11 is 6.99. The van der Waals surface area contributed by atoms with Crippen LogP contribution in [0.1, 0.15) is 24.6 Å². The number of ether oxygens (including phenoxy) is 1. The Bertz CT molecular complexity index is 953. The summed E-state index contributed by atoms with van der Waals surface area (Å²) in [6.45, 7) is 3.97. The van der Waals surface area contributed by atoms with Crippen LogP contribution in [-0.4, -0.2) is 33.1 Å². The first-order valence-corrected chi connectivity index (χ1v) is 10.4. The molecule has 0 spiro atoms. The van der Waals surface area contributed by atoms with Crippen molar-refractivity contribution in [1.29, 1.82) is 0 Å². The summed E-state index contributed by atoms with van der Waals surface area (Å²) in [7, 11) is 0. The highest BCUT2D eigenvalue weighted by Gasteiger charge is 2.22. The van der Waals surface area contributed by atoms with Gasteiger partial charge in [-0.15, -0.1) is 5.10 Å². The first-order valence-electron chi connectivity index (χ1n) is 8.84. The van der Waals surface area contributed by atoms with Crippen LogP contribution < -0.4 is 10.1 Å². The van der Waals surface area contributed by atoms with Crippen molar-refractivity contribution in [2.45, 2.75) is 25.8 Å². The summed E-state index contributed by atoms with van der Waals surface area (Å²) in [5.74, 6) is 1.24. The van der Waals surface area contributed by atoms with E-state index in [2.05, 4.69) is 47.5 Å². The van der Waals surface area contributed by atoms with E-state index in [1.807, 2.05) is 48.0 Å². The molecule has 140 valence electrons. The first-order chi connectivity index (χ1) is 13.1. The maximum atomic E-state index is 6.01. The SMILES string of the molecule is Cc1nnn(C2CCNCC2)c1-c1cccc(Oc2cc(Br)ccc2Br)n1. The third-order valence-corrected chi connectivity index (χ3v) is 5.74. The maximum Gasteiger partial charge on any atom is 0.219 e. The number of halogens is 2. The Morgan fingerprint density at radius 2 is 1.96 bits per heavy atom. The quantitative estimate of drug-likeness (QED) is 0.561. The molecule has 1 aliphatic heterocycles. The van der Waals surface area contributed by atoms with Crippen LogP contribution in [0, 0.1) is 6.92 Å². The van der Waals surface area contributed by atoms with Crippen LogP contribution in [0.5, 0.6) is 11.6 Å². The van der Waals surface area contributed by atoms with Gasteiger partial charge in [0.25, 0.3) is 0 Å². The lowest BCUT2D eigenvalue weighted by molar-refractivity contribution is 0.340. The zero-order valence-electron chi connectivity index (χ0n) is 14.8. The molecule has 1 N–H and O–H groups in total. The molecule has 0 atom stereocenters. The molecule has 1 aliphatic rings. The summed E-state index contributed by atoms with van der Waals surface area (Å²) in [5.41, 5.74) is 2.65. The van der Waals surface area contributed by atoms with Crippen LogP contribution in [0.2, 0.25) is 0 Å². The second-order valence-electron chi connectivity index (χ2n) is 6.49. The highest BCUT2D eigenvalue weighted by Crippen LogP contribution is 2.33. The Kier molecular flexibility index (Phi) is 5.56. The largest absolute Gasteiger partial charge is 0.438 e. The molecule has 6 nitrogen and oxygen atoms in total. The maximum absolute atomic E-state index is 6.01. The van der Waals surface area contributed by atoms with Crippen molar-refractivity contribution in [3.63, 3.8) is 0 Å². The van der Waals surface area contributed by atoms with Gasteiger partial charge in [-0.25, -0.2) is 9.67 Å². The van der Waals surface area contributed by atoms with E-state index in [0.717, 1.165) is 52.0 Å². The van der Waals surface area contributed by atoms with Crippen molar-refractivity contribution in [2.24, 2.45) is 0 Å². The monoisotopic (exact) mass is 491 g/mol. The lowest BCUT2D eigenvalue weighted by Gasteiger charge is -2.24. The number of piperidine rings is 1. The molecular formula is C19H19Br2N5O. The number of aromatic nitrogens is 4. The van der Waals surface area contributed by atoms with Gasteiger partial charge in [0.2, 0.25) is 5.88 Å².